The Morgan fingerprint density at radius 2 is 1.78 bits per heavy atom. The molecule has 1 atom stereocenters. The summed E-state index contributed by atoms with van der Waals surface area (Å²) in [6.07, 6.45) is 5.13. The summed E-state index contributed by atoms with van der Waals surface area (Å²) in [6.45, 7) is 9.57. The Bertz CT molecular complexity index is 2000. The van der Waals surface area contributed by atoms with Gasteiger partial charge in [0.2, 0.25) is 23.4 Å². The van der Waals surface area contributed by atoms with Gasteiger partial charge in [-0.05, 0) is 96.3 Å². The smallest absolute Gasteiger partial charge is 0.338 e. The number of carbonyl (C=O) groups is 1. The zero-order valence-corrected chi connectivity index (χ0v) is 28.2. The second kappa shape index (κ2) is 12.8. The van der Waals surface area contributed by atoms with Crippen molar-refractivity contribution in [2.24, 2.45) is 0 Å². The fourth-order valence-corrected chi connectivity index (χ4v) is 6.58. The molecule has 1 aromatic carbocycles. The van der Waals surface area contributed by atoms with Gasteiger partial charge in [-0.1, -0.05) is 6.07 Å². The third kappa shape index (κ3) is 7.02. The maximum Gasteiger partial charge on any atom is 0.338 e. The predicted octanol–water partition coefficient (Wildman–Crippen LogP) is 6.69. The third-order valence-electron chi connectivity index (χ3n) is 9.49. The maximum absolute atomic E-state index is 14.7. The van der Waals surface area contributed by atoms with E-state index in [2.05, 4.69) is 19.4 Å². The van der Waals surface area contributed by atoms with Crippen LogP contribution >= 0.6 is 0 Å². The van der Waals surface area contributed by atoms with E-state index >= 15 is 0 Å². The lowest BCUT2D eigenvalue weighted by atomic mass is 9.93. The van der Waals surface area contributed by atoms with Crippen molar-refractivity contribution in [3.8, 4) is 5.88 Å². The van der Waals surface area contributed by atoms with Gasteiger partial charge in [0.05, 0.1) is 35.8 Å². The molecule has 256 valence electrons. The van der Waals surface area contributed by atoms with E-state index < -0.39 is 11.5 Å². The van der Waals surface area contributed by atoms with E-state index in [-0.39, 0.29) is 30.3 Å². The highest BCUT2D eigenvalue weighted by molar-refractivity contribution is 5.94. The molecule has 6 heterocycles. The summed E-state index contributed by atoms with van der Waals surface area (Å²) in [5.41, 5.74) is 3.80. The molecule has 49 heavy (non-hydrogen) atoms. The van der Waals surface area contributed by atoms with Crippen LogP contribution in [0.25, 0.3) is 22.3 Å². The van der Waals surface area contributed by atoms with Gasteiger partial charge in [-0.25, -0.2) is 19.7 Å². The van der Waals surface area contributed by atoms with Gasteiger partial charge in [0.1, 0.15) is 23.5 Å². The molecule has 1 aliphatic carbocycles. The molecule has 0 amide bonds. The number of hydrogen-bond donors (Lipinski definition) is 0. The van der Waals surface area contributed by atoms with Gasteiger partial charge in [0, 0.05) is 35.8 Å². The van der Waals surface area contributed by atoms with Crippen molar-refractivity contribution < 1.29 is 27.8 Å². The Labute approximate surface area is 283 Å². The number of benzene rings is 1. The number of hydrogen-bond acceptors (Lipinski definition) is 10. The number of rotatable bonds is 10. The summed E-state index contributed by atoms with van der Waals surface area (Å²) in [4.78, 5) is 33.6. The van der Waals surface area contributed by atoms with E-state index in [0.29, 0.717) is 47.4 Å². The van der Waals surface area contributed by atoms with Crippen LogP contribution in [0.15, 0.2) is 46.9 Å². The molecule has 1 saturated carbocycles. The fraction of sp³-hybridized carbons (Fsp3) is 0.486. The lowest BCUT2D eigenvalue weighted by Crippen LogP contribution is -2.35. The van der Waals surface area contributed by atoms with E-state index in [4.69, 9.17) is 28.6 Å². The van der Waals surface area contributed by atoms with Gasteiger partial charge in [0.25, 0.3) is 0 Å². The van der Waals surface area contributed by atoms with E-state index in [0.717, 1.165) is 74.4 Å². The summed E-state index contributed by atoms with van der Waals surface area (Å²) in [5, 5.41) is 0. The Morgan fingerprint density at radius 1 is 0.959 bits per heavy atom. The number of esters is 1. The summed E-state index contributed by atoms with van der Waals surface area (Å²) >= 11 is 0. The topological polar surface area (TPSA) is 118 Å². The van der Waals surface area contributed by atoms with Crippen LogP contribution < -0.4 is 4.74 Å². The van der Waals surface area contributed by atoms with Gasteiger partial charge in [-0.2, -0.15) is 9.37 Å². The standard InChI is InChI=1S/C37H41FN6O5/c1-37(2,3)49-36(45)24-9-10-28-30(18-24)44(19-26-13-16-46-26)31(39-28)20-43-14-11-22(12-15-43)27-5-4-6-32(40-27)47-21-25-17-29-35(42-33(25)38)48-34(41-29)23-7-8-23/h4-6,9-10,17-18,22-23,26H,7-8,11-16,19-21H2,1-3H3/t26-/m0/s1. The average molecular weight is 669 g/mol. The van der Waals surface area contributed by atoms with E-state index in [9.17, 15) is 9.18 Å². The number of oxazole rings is 1. The molecule has 3 aliphatic rings. The number of piperidine rings is 1. The fourth-order valence-electron chi connectivity index (χ4n) is 6.58. The molecule has 5 aromatic rings. The van der Waals surface area contributed by atoms with Crippen LogP contribution in [-0.4, -0.2) is 66.8 Å². The summed E-state index contributed by atoms with van der Waals surface area (Å²) < 4.78 is 40.0. The van der Waals surface area contributed by atoms with Gasteiger partial charge in [-0.3, -0.25) is 4.90 Å². The van der Waals surface area contributed by atoms with Crippen LogP contribution in [0.3, 0.4) is 0 Å². The van der Waals surface area contributed by atoms with Crippen molar-refractivity contribution in [2.75, 3.05) is 19.7 Å². The number of carbonyl (C=O) groups excluding carboxylic acids is 1. The highest BCUT2D eigenvalue weighted by atomic mass is 19.1. The van der Waals surface area contributed by atoms with Crippen molar-refractivity contribution in [2.45, 2.75) is 96.1 Å². The number of halogens is 1. The molecule has 2 saturated heterocycles. The van der Waals surface area contributed by atoms with Crippen LogP contribution in [0.4, 0.5) is 4.39 Å². The first kappa shape index (κ1) is 31.8. The number of fused-ring (bicyclic) bond motifs is 2. The first-order valence-electron chi connectivity index (χ1n) is 17.3. The molecule has 8 rings (SSSR count). The second-order valence-corrected chi connectivity index (χ2v) is 14.5. The number of aromatic nitrogens is 5. The molecular weight excluding hydrogens is 627 g/mol. The molecule has 12 heteroatoms. The van der Waals surface area contributed by atoms with Gasteiger partial charge < -0.3 is 23.2 Å². The van der Waals surface area contributed by atoms with E-state index in [1.54, 1.807) is 18.2 Å². The molecule has 4 aromatic heterocycles. The van der Waals surface area contributed by atoms with Crippen LogP contribution in [0, 0.1) is 5.95 Å². The van der Waals surface area contributed by atoms with Crippen molar-refractivity contribution in [3.63, 3.8) is 0 Å². The van der Waals surface area contributed by atoms with Gasteiger partial charge in [-0.15, -0.1) is 0 Å². The second-order valence-electron chi connectivity index (χ2n) is 14.5. The van der Waals surface area contributed by atoms with Crippen LogP contribution in [0.5, 0.6) is 5.88 Å². The monoisotopic (exact) mass is 668 g/mol. The molecule has 0 spiro atoms. The third-order valence-corrected chi connectivity index (χ3v) is 9.49. The highest BCUT2D eigenvalue weighted by Crippen LogP contribution is 2.40. The molecule has 0 N–H and O–H groups in total. The Balaban J connectivity index is 0.918. The van der Waals surface area contributed by atoms with Crippen molar-refractivity contribution in [1.82, 2.24) is 29.4 Å². The number of pyridine rings is 2. The summed E-state index contributed by atoms with van der Waals surface area (Å²) in [6, 6.07) is 13.0. The molecule has 2 aliphatic heterocycles. The molecule has 3 fully saturated rings. The Hall–Kier alpha value is -4.42. The normalized spacial score (nSPS) is 19.0. The minimum Gasteiger partial charge on any atom is -0.473 e. The number of ether oxygens (including phenoxy) is 3. The molecule has 0 radical (unpaired) electrons. The summed E-state index contributed by atoms with van der Waals surface area (Å²) in [7, 11) is 0. The van der Waals surface area contributed by atoms with Crippen molar-refractivity contribution >= 4 is 28.2 Å². The quantitative estimate of drug-likeness (QED) is 0.118. The number of likely N-dealkylation sites (tertiary alicyclic amines) is 1. The zero-order valence-electron chi connectivity index (χ0n) is 28.2. The Morgan fingerprint density at radius 3 is 2.51 bits per heavy atom. The lowest BCUT2D eigenvalue weighted by Gasteiger charge is -2.32. The van der Waals surface area contributed by atoms with Crippen LogP contribution in [-0.2, 0) is 29.2 Å². The van der Waals surface area contributed by atoms with Gasteiger partial charge >= 0.3 is 5.97 Å². The molecular formula is C37H41FN6O5. The molecule has 0 bridgehead atoms. The zero-order chi connectivity index (χ0) is 33.7. The largest absolute Gasteiger partial charge is 0.473 e. The average Bonchev–Trinajstić information content (AvgIpc) is 3.74. The number of nitrogens with zero attached hydrogens (tertiary/aromatic N) is 6. The minimum absolute atomic E-state index is 0.00145. The lowest BCUT2D eigenvalue weighted by molar-refractivity contribution is -0.0592. The van der Waals surface area contributed by atoms with Crippen molar-refractivity contribution in [1.29, 1.82) is 0 Å². The molecule has 0 unspecified atom stereocenters. The Kier molecular flexibility index (Phi) is 8.31. The summed E-state index contributed by atoms with van der Waals surface area (Å²) in [5.74, 6) is 1.70. The van der Waals surface area contributed by atoms with Gasteiger partial charge in [0.15, 0.2) is 0 Å². The highest BCUT2D eigenvalue weighted by Gasteiger charge is 2.30. The maximum atomic E-state index is 14.7. The molecule has 11 nitrogen and oxygen atoms in total. The SMILES string of the molecule is CC(C)(C)OC(=O)c1ccc2nc(CN3CCC(c4cccc(OCc5cc6nc(C7CC7)oc6nc5F)n4)CC3)n(C[C@@H]3CCO3)c2c1. The van der Waals surface area contributed by atoms with Crippen LogP contribution in [0.1, 0.15) is 98.0 Å². The first-order chi connectivity index (χ1) is 23.6. The minimum atomic E-state index is -0.619. The van der Waals surface area contributed by atoms with Crippen LogP contribution in [0.2, 0.25) is 0 Å². The predicted molar refractivity (Wildman–Crippen MR) is 179 cm³/mol. The number of imidazole rings is 1. The van der Waals surface area contributed by atoms with Crippen molar-refractivity contribution in [3.05, 3.63) is 76.9 Å². The van der Waals surface area contributed by atoms with E-state index in [1.807, 2.05) is 45.0 Å². The van der Waals surface area contributed by atoms with E-state index in [1.165, 1.54) is 0 Å². The first-order valence-corrected chi connectivity index (χ1v) is 17.3.